The van der Waals surface area contributed by atoms with Gasteiger partial charge in [0, 0.05) is 22.5 Å². The van der Waals surface area contributed by atoms with Gasteiger partial charge in [-0.1, -0.05) is 6.07 Å². The summed E-state index contributed by atoms with van der Waals surface area (Å²) < 4.78 is 0. The highest BCUT2D eigenvalue weighted by molar-refractivity contribution is 7.10. The van der Waals surface area contributed by atoms with E-state index < -0.39 is 0 Å². The maximum Gasteiger partial charge on any atom is 0.229 e. The zero-order valence-corrected chi connectivity index (χ0v) is 9.75. The smallest absolute Gasteiger partial charge is 0.229 e. The first kappa shape index (κ1) is 10.8. The van der Waals surface area contributed by atoms with Crippen LogP contribution >= 0.6 is 11.3 Å². The fourth-order valence-corrected chi connectivity index (χ4v) is 2.10. The highest BCUT2D eigenvalue weighted by atomic mass is 32.1. The molecule has 0 bridgehead atoms. The number of aromatic nitrogens is 1. The van der Waals surface area contributed by atoms with E-state index >= 15 is 0 Å². The summed E-state index contributed by atoms with van der Waals surface area (Å²) in [6.07, 6.45) is 2.12. The summed E-state index contributed by atoms with van der Waals surface area (Å²) in [6, 6.07) is 7.55. The molecule has 0 saturated heterocycles. The second-order valence-electron chi connectivity index (χ2n) is 3.49. The molecule has 0 saturated carbocycles. The van der Waals surface area contributed by atoms with Gasteiger partial charge in [-0.15, -0.1) is 11.3 Å². The lowest BCUT2D eigenvalue weighted by Gasteiger charge is -2.04. The number of carbonyl (C=O) groups is 1. The minimum Gasteiger partial charge on any atom is -0.326 e. The van der Waals surface area contributed by atoms with Gasteiger partial charge in [-0.3, -0.25) is 9.78 Å². The van der Waals surface area contributed by atoms with Gasteiger partial charge in [-0.2, -0.15) is 0 Å². The molecule has 0 fully saturated rings. The molecule has 0 aromatic carbocycles. The van der Waals surface area contributed by atoms with Crippen LogP contribution in [-0.4, -0.2) is 10.9 Å². The third-order valence-electron chi connectivity index (χ3n) is 2.10. The minimum absolute atomic E-state index is 0.00745. The average Bonchev–Trinajstić information content (AvgIpc) is 2.70. The summed E-state index contributed by atoms with van der Waals surface area (Å²) >= 11 is 1.59. The summed E-state index contributed by atoms with van der Waals surface area (Å²) in [5.74, 6) is 0.00745. The molecule has 2 aromatic heterocycles. The predicted molar refractivity (Wildman–Crippen MR) is 65.6 cm³/mol. The van der Waals surface area contributed by atoms with Gasteiger partial charge < -0.3 is 5.32 Å². The lowest BCUT2D eigenvalue weighted by Crippen LogP contribution is -2.13. The Morgan fingerprint density at radius 3 is 3.06 bits per heavy atom. The van der Waals surface area contributed by atoms with E-state index in [2.05, 4.69) is 10.3 Å². The molecule has 0 aliphatic heterocycles. The van der Waals surface area contributed by atoms with Crippen molar-refractivity contribution in [3.05, 3.63) is 46.4 Å². The predicted octanol–water partition coefficient (Wildman–Crippen LogP) is 2.63. The molecule has 4 heteroatoms. The number of carbonyl (C=O) groups excluding carboxylic acids is 1. The van der Waals surface area contributed by atoms with Crippen LogP contribution in [0, 0.1) is 6.92 Å². The van der Waals surface area contributed by atoms with E-state index in [-0.39, 0.29) is 5.91 Å². The Hall–Kier alpha value is -1.68. The number of amides is 1. The quantitative estimate of drug-likeness (QED) is 0.884. The third-order valence-corrected chi connectivity index (χ3v) is 2.97. The minimum atomic E-state index is 0.00745. The van der Waals surface area contributed by atoms with Gasteiger partial charge in [0.15, 0.2) is 0 Å². The van der Waals surface area contributed by atoms with Crippen LogP contribution in [0.3, 0.4) is 0 Å². The van der Waals surface area contributed by atoms with Crippen molar-refractivity contribution in [2.75, 3.05) is 5.32 Å². The number of anilines is 1. The number of nitrogens with zero attached hydrogens (tertiary/aromatic N) is 1. The van der Waals surface area contributed by atoms with Crippen LogP contribution < -0.4 is 5.32 Å². The van der Waals surface area contributed by atoms with Gasteiger partial charge >= 0.3 is 0 Å². The number of aryl methyl sites for hydroxylation is 1. The number of hydrogen-bond donors (Lipinski definition) is 1. The van der Waals surface area contributed by atoms with E-state index in [9.17, 15) is 4.79 Å². The first-order valence-corrected chi connectivity index (χ1v) is 5.87. The average molecular weight is 232 g/mol. The summed E-state index contributed by atoms with van der Waals surface area (Å²) in [4.78, 5) is 16.8. The van der Waals surface area contributed by atoms with Crippen molar-refractivity contribution in [3.63, 3.8) is 0 Å². The molecule has 2 rings (SSSR count). The standard InChI is InChI=1S/C12H12N2OS/c1-9-7-10(4-5-13-9)14-12(15)8-11-3-2-6-16-11/h2-7H,8H2,1H3,(H,13,14,15). The van der Waals surface area contributed by atoms with Crippen LogP contribution in [-0.2, 0) is 11.2 Å². The highest BCUT2D eigenvalue weighted by Gasteiger charge is 2.04. The Kier molecular flexibility index (Phi) is 3.31. The zero-order chi connectivity index (χ0) is 11.4. The number of pyridine rings is 1. The largest absolute Gasteiger partial charge is 0.326 e. The first-order valence-electron chi connectivity index (χ1n) is 4.99. The third kappa shape index (κ3) is 2.90. The van der Waals surface area contributed by atoms with Crippen molar-refractivity contribution in [1.82, 2.24) is 4.98 Å². The van der Waals surface area contributed by atoms with Crippen LogP contribution in [0.2, 0.25) is 0 Å². The number of hydrogen-bond acceptors (Lipinski definition) is 3. The zero-order valence-electron chi connectivity index (χ0n) is 8.93. The maximum absolute atomic E-state index is 11.7. The van der Waals surface area contributed by atoms with Crippen molar-refractivity contribution in [1.29, 1.82) is 0 Å². The summed E-state index contributed by atoms with van der Waals surface area (Å²) in [5.41, 5.74) is 1.70. The Labute approximate surface area is 98.2 Å². The van der Waals surface area contributed by atoms with Gasteiger partial charge in [0.05, 0.1) is 6.42 Å². The van der Waals surface area contributed by atoms with Crippen LogP contribution in [0.5, 0.6) is 0 Å². The van der Waals surface area contributed by atoms with Crippen LogP contribution in [0.4, 0.5) is 5.69 Å². The molecule has 1 amide bonds. The van der Waals surface area contributed by atoms with Crippen molar-refractivity contribution < 1.29 is 4.79 Å². The molecule has 0 aliphatic carbocycles. The summed E-state index contributed by atoms with van der Waals surface area (Å²) in [6.45, 7) is 1.90. The second kappa shape index (κ2) is 4.90. The lowest BCUT2D eigenvalue weighted by atomic mass is 10.3. The molecule has 82 valence electrons. The van der Waals surface area contributed by atoms with Crippen molar-refractivity contribution >= 4 is 22.9 Å². The van der Waals surface area contributed by atoms with Gasteiger partial charge in [-0.05, 0) is 30.5 Å². The molecule has 0 spiro atoms. The molecular formula is C12H12N2OS. The van der Waals surface area contributed by atoms with Crippen LogP contribution in [0.25, 0.3) is 0 Å². The van der Waals surface area contributed by atoms with E-state index in [1.54, 1.807) is 23.6 Å². The normalized spacial score (nSPS) is 10.1. The summed E-state index contributed by atoms with van der Waals surface area (Å²) in [7, 11) is 0. The Balaban J connectivity index is 1.97. The Bertz CT molecular complexity index is 480. The van der Waals surface area contributed by atoms with E-state index in [4.69, 9.17) is 0 Å². The SMILES string of the molecule is Cc1cc(NC(=O)Cc2cccs2)ccn1. The molecule has 1 N–H and O–H groups in total. The van der Waals surface area contributed by atoms with Crippen molar-refractivity contribution in [2.24, 2.45) is 0 Å². The summed E-state index contributed by atoms with van der Waals surface area (Å²) in [5, 5.41) is 4.82. The molecule has 16 heavy (non-hydrogen) atoms. The number of rotatable bonds is 3. The maximum atomic E-state index is 11.7. The fourth-order valence-electron chi connectivity index (χ4n) is 1.40. The Morgan fingerprint density at radius 2 is 2.38 bits per heavy atom. The van der Waals surface area contributed by atoms with E-state index in [0.717, 1.165) is 16.3 Å². The van der Waals surface area contributed by atoms with Crippen molar-refractivity contribution in [3.8, 4) is 0 Å². The van der Waals surface area contributed by atoms with Crippen LogP contribution in [0.15, 0.2) is 35.8 Å². The number of nitrogens with one attached hydrogen (secondary N) is 1. The van der Waals surface area contributed by atoms with E-state index in [1.165, 1.54) is 0 Å². The number of thiophene rings is 1. The molecule has 2 heterocycles. The van der Waals surface area contributed by atoms with E-state index in [1.807, 2.05) is 30.5 Å². The molecule has 3 nitrogen and oxygen atoms in total. The molecule has 0 unspecified atom stereocenters. The molecule has 0 aliphatic rings. The molecule has 0 radical (unpaired) electrons. The first-order chi connectivity index (χ1) is 7.74. The Morgan fingerprint density at radius 1 is 1.50 bits per heavy atom. The van der Waals surface area contributed by atoms with Gasteiger partial charge in [0.25, 0.3) is 0 Å². The topological polar surface area (TPSA) is 42.0 Å². The van der Waals surface area contributed by atoms with Crippen LogP contribution in [0.1, 0.15) is 10.6 Å². The molecule has 0 atom stereocenters. The lowest BCUT2D eigenvalue weighted by molar-refractivity contribution is -0.115. The van der Waals surface area contributed by atoms with Gasteiger partial charge in [0.1, 0.15) is 0 Å². The van der Waals surface area contributed by atoms with E-state index in [0.29, 0.717) is 6.42 Å². The van der Waals surface area contributed by atoms with Gasteiger partial charge in [-0.25, -0.2) is 0 Å². The second-order valence-corrected chi connectivity index (χ2v) is 4.52. The molecule has 2 aromatic rings. The fraction of sp³-hybridized carbons (Fsp3) is 0.167. The monoisotopic (exact) mass is 232 g/mol. The van der Waals surface area contributed by atoms with Gasteiger partial charge in [0.2, 0.25) is 5.91 Å². The molecular weight excluding hydrogens is 220 g/mol. The highest BCUT2D eigenvalue weighted by Crippen LogP contribution is 2.11. The van der Waals surface area contributed by atoms with Crippen molar-refractivity contribution in [2.45, 2.75) is 13.3 Å².